The van der Waals surface area contributed by atoms with Crippen LogP contribution in [0.1, 0.15) is 21.5 Å². The molecule has 102 valence electrons. The lowest BCUT2D eigenvalue weighted by atomic mass is 10.1. The largest absolute Gasteiger partial charge is 0.507 e. The summed E-state index contributed by atoms with van der Waals surface area (Å²) in [6.45, 7) is 1.91. The Morgan fingerprint density at radius 1 is 1.30 bits per heavy atom. The zero-order valence-corrected chi connectivity index (χ0v) is 11.6. The molecule has 1 amide bonds. The summed E-state index contributed by atoms with van der Waals surface area (Å²) in [4.78, 5) is 11.8. The molecule has 0 unspecified atom stereocenters. The van der Waals surface area contributed by atoms with E-state index >= 15 is 0 Å². The number of nitrogens with zero attached hydrogens (tertiary/aromatic N) is 1. The average molecular weight is 289 g/mol. The highest BCUT2D eigenvalue weighted by Gasteiger charge is 2.04. The molecule has 0 fully saturated rings. The number of aryl methyl sites for hydroxylation is 1. The van der Waals surface area contributed by atoms with Gasteiger partial charge in [-0.1, -0.05) is 29.3 Å². The average Bonchev–Trinajstić information content (AvgIpc) is 2.41. The number of amides is 1. The van der Waals surface area contributed by atoms with Crippen molar-refractivity contribution in [1.82, 2.24) is 5.43 Å². The second-order valence-corrected chi connectivity index (χ2v) is 4.71. The number of rotatable bonds is 3. The van der Waals surface area contributed by atoms with Crippen molar-refractivity contribution >= 4 is 23.7 Å². The maximum absolute atomic E-state index is 11.8. The molecule has 0 bridgehead atoms. The molecule has 0 aliphatic heterocycles. The number of aromatic hydroxyl groups is 1. The van der Waals surface area contributed by atoms with Crippen molar-refractivity contribution in [3.8, 4) is 5.75 Å². The van der Waals surface area contributed by atoms with Crippen LogP contribution in [0.2, 0.25) is 5.02 Å². The topological polar surface area (TPSA) is 61.7 Å². The molecule has 0 aromatic heterocycles. The van der Waals surface area contributed by atoms with Gasteiger partial charge in [0, 0.05) is 16.1 Å². The van der Waals surface area contributed by atoms with Gasteiger partial charge in [0.2, 0.25) is 0 Å². The van der Waals surface area contributed by atoms with E-state index < -0.39 is 0 Å². The fourth-order valence-electron chi connectivity index (χ4n) is 1.64. The number of hydrogen-bond acceptors (Lipinski definition) is 3. The minimum absolute atomic E-state index is 0.00561. The van der Waals surface area contributed by atoms with Crippen LogP contribution in [-0.2, 0) is 0 Å². The maximum atomic E-state index is 11.8. The highest BCUT2D eigenvalue weighted by atomic mass is 35.5. The number of carbonyl (C=O) groups is 1. The van der Waals surface area contributed by atoms with Gasteiger partial charge in [0.15, 0.2) is 0 Å². The molecule has 0 atom stereocenters. The van der Waals surface area contributed by atoms with Crippen LogP contribution in [0, 0.1) is 6.92 Å². The lowest BCUT2D eigenvalue weighted by Crippen LogP contribution is -2.17. The summed E-state index contributed by atoms with van der Waals surface area (Å²) >= 11 is 5.72. The summed E-state index contributed by atoms with van der Waals surface area (Å²) in [5.74, 6) is -0.301. The second-order valence-electron chi connectivity index (χ2n) is 4.27. The summed E-state index contributed by atoms with van der Waals surface area (Å²) in [5.41, 5.74) is 4.40. The molecule has 0 saturated carbocycles. The number of phenolic OH excluding ortho intramolecular Hbond substituents is 1. The number of nitrogens with one attached hydrogen (secondary N) is 1. The van der Waals surface area contributed by atoms with Crippen LogP contribution in [0.15, 0.2) is 47.6 Å². The number of benzene rings is 2. The molecule has 2 N–H and O–H groups in total. The van der Waals surface area contributed by atoms with E-state index in [-0.39, 0.29) is 11.7 Å². The zero-order chi connectivity index (χ0) is 14.5. The summed E-state index contributed by atoms with van der Waals surface area (Å²) in [6.07, 6.45) is 1.36. The van der Waals surface area contributed by atoms with E-state index in [1.165, 1.54) is 12.3 Å². The summed E-state index contributed by atoms with van der Waals surface area (Å²) in [5, 5.41) is 13.9. The Labute approximate surface area is 121 Å². The van der Waals surface area contributed by atoms with E-state index in [2.05, 4.69) is 10.5 Å². The first-order valence-electron chi connectivity index (χ1n) is 5.95. The normalized spacial score (nSPS) is 10.7. The van der Waals surface area contributed by atoms with E-state index in [1.807, 2.05) is 13.0 Å². The molecule has 2 aromatic rings. The standard InChI is InChI=1S/C15H13ClN2O2/c1-10-3-2-4-11(7-10)15(20)18-17-9-12-5-6-13(16)8-14(12)19/h2-9,19H,1H3,(H,18,20). The Morgan fingerprint density at radius 3 is 2.80 bits per heavy atom. The van der Waals surface area contributed by atoms with Crippen molar-refractivity contribution in [2.45, 2.75) is 6.92 Å². The minimum atomic E-state index is -0.307. The van der Waals surface area contributed by atoms with Crippen LogP contribution < -0.4 is 5.43 Å². The fourth-order valence-corrected chi connectivity index (χ4v) is 1.80. The van der Waals surface area contributed by atoms with Crippen LogP contribution in [0.3, 0.4) is 0 Å². The van der Waals surface area contributed by atoms with Crippen LogP contribution in [-0.4, -0.2) is 17.2 Å². The monoisotopic (exact) mass is 288 g/mol. The zero-order valence-electron chi connectivity index (χ0n) is 10.8. The predicted octanol–water partition coefficient (Wildman–Crippen LogP) is 3.12. The SMILES string of the molecule is Cc1cccc(C(=O)NN=Cc2ccc(Cl)cc2O)c1. The molecule has 0 aliphatic rings. The number of halogens is 1. The number of carbonyl (C=O) groups excluding carboxylic acids is 1. The van der Waals surface area contributed by atoms with Crippen molar-refractivity contribution in [1.29, 1.82) is 0 Å². The minimum Gasteiger partial charge on any atom is -0.507 e. The van der Waals surface area contributed by atoms with Gasteiger partial charge in [-0.2, -0.15) is 5.10 Å². The molecule has 0 aliphatic carbocycles. The van der Waals surface area contributed by atoms with E-state index in [0.29, 0.717) is 16.1 Å². The molecular formula is C15H13ClN2O2. The highest BCUT2D eigenvalue weighted by molar-refractivity contribution is 6.30. The van der Waals surface area contributed by atoms with Gasteiger partial charge in [-0.3, -0.25) is 4.79 Å². The molecular weight excluding hydrogens is 276 g/mol. The van der Waals surface area contributed by atoms with Crippen molar-refractivity contribution in [2.24, 2.45) is 5.10 Å². The quantitative estimate of drug-likeness (QED) is 0.673. The molecule has 0 heterocycles. The predicted molar refractivity (Wildman–Crippen MR) is 79.4 cm³/mol. The Hall–Kier alpha value is -2.33. The third-order valence-electron chi connectivity index (χ3n) is 2.64. The molecule has 0 saturated heterocycles. The summed E-state index contributed by atoms with van der Waals surface area (Å²) in [6, 6.07) is 11.8. The van der Waals surface area contributed by atoms with Gasteiger partial charge in [-0.15, -0.1) is 0 Å². The molecule has 20 heavy (non-hydrogen) atoms. The van der Waals surface area contributed by atoms with Crippen molar-refractivity contribution < 1.29 is 9.90 Å². The molecule has 0 radical (unpaired) electrons. The van der Waals surface area contributed by atoms with Crippen molar-refractivity contribution in [3.05, 3.63) is 64.2 Å². The lowest BCUT2D eigenvalue weighted by Gasteiger charge is -2.01. The molecule has 0 spiro atoms. The molecule has 2 aromatic carbocycles. The Morgan fingerprint density at radius 2 is 2.10 bits per heavy atom. The summed E-state index contributed by atoms with van der Waals surface area (Å²) < 4.78 is 0. The molecule has 5 heteroatoms. The fraction of sp³-hybridized carbons (Fsp3) is 0.0667. The molecule has 2 rings (SSSR count). The van der Waals surface area contributed by atoms with E-state index in [4.69, 9.17) is 11.6 Å². The van der Waals surface area contributed by atoms with Gasteiger partial charge >= 0.3 is 0 Å². The van der Waals surface area contributed by atoms with E-state index in [1.54, 1.807) is 30.3 Å². The van der Waals surface area contributed by atoms with Gasteiger partial charge in [0.05, 0.1) is 6.21 Å². The Bertz CT molecular complexity index is 669. The van der Waals surface area contributed by atoms with Gasteiger partial charge in [0.25, 0.3) is 5.91 Å². The highest BCUT2D eigenvalue weighted by Crippen LogP contribution is 2.20. The van der Waals surface area contributed by atoms with E-state index in [0.717, 1.165) is 5.56 Å². The third kappa shape index (κ3) is 3.59. The smallest absolute Gasteiger partial charge is 0.271 e. The van der Waals surface area contributed by atoms with Crippen LogP contribution >= 0.6 is 11.6 Å². The third-order valence-corrected chi connectivity index (χ3v) is 2.88. The van der Waals surface area contributed by atoms with Crippen molar-refractivity contribution in [2.75, 3.05) is 0 Å². The maximum Gasteiger partial charge on any atom is 0.271 e. The number of hydrogen-bond donors (Lipinski definition) is 2. The van der Waals surface area contributed by atoms with Gasteiger partial charge in [-0.05, 0) is 37.3 Å². The summed E-state index contributed by atoms with van der Waals surface area (Å²) in [7, 11) is 0. The second kappa shape index (κ2) is 6.21. The van der Waals surface area contributed by atoms with Crippen LogP contribution in [0.4, 0.5) is 0 Å². The Balaban J connectivity index is 2.04. The van der Waals surface area contributed by atoms with Crippen LogP contribution in [0.5, 0.6) is 5.75 Å². The van der Waals surface area contributed by atoms with E-state index in [9.17, 15) is 9.90 Å². The number of hydrazone groups is 1. The first-order valence-corrected chi connectivity index (χ1v) is 6.32. The van der Waals surface area contributed by atoms with Crippen molar-refractivity contribution in [3.63, 3.8) is 0 Å². The van der Waals surface area contributed by atoms with Gasteiger partial charge in [-0.25, -0.2) is 5.43 Å². The van der Waals surface area contributed by atoms with Gasteiger partial charge in [0.1, 0.15) is 5.75 Å². The lowest BCUT2D eigenvalue weighted by molar-refractivity contribution is 0.0955. The molecule has 4 nitrogen and oxygen atoms in total. The van der Waals surface area contributed by atoms with Gasteiger partial charge < -0.3 is 5.11 Å². The first kappa shape index (κ1) is 14.1. The number of phenols is 1. The Kier molecular flexibility index (Phi) is 4.38. The first-order chi connectivity index (χ1) is 9.56. The van der Waals surface area contributed by atoms with Crippen LogP contribution in [0.25, 0.3) is 0 Å².